The molecule has 0 saturated heterocycles. The number of nitrogens with zero attached hydrogens (tertiary/aromatic N) is 3. The van der Waals surface area contributed by atoms with Crippen molar-refractivity contribution in [2.24, 2.45) is 10.2 Å². The van der Waals surface area contributed by atoms with E-state index in [2.05, 4.69) is 25.3 Å². The smallest absolute Gasteiger partial charge is 0.350 e. The van der Waals surface area contributed by atoms with Gasteiger partial charge in [-0.15, -0.1) is 10.2 Å². The van der Waals surface area contributed by atoms with Crippen molar-refractivity contribution in [2.75, 3.05) is 11.9 Å². The van der Waals surface area contributed by atoms with Gasteiger partial charge in [-0.3, -0.25) is 14.9 Å². The number of aromatic nitrogens is 1. The molecule has 0 bridgehead atoms. The van der Waals surface area contributed by atoms with Gasteiger partial charge in [0.15, 0.2) is 10.8 Å². The third-order valence-electron chi connectivity index (χ3n) is 3.68. The molecule has 0 unspecified atom stereocenters. The quantitative estimate of drug-likeness (QED) is 0.166. The summed E-state index contributed by atoms with van der Waals surface area (Å²) in [6, 6.07) is 3.50. The minimum atomic E-state index is -1.34. The number of carboxylic acids is 1. The SMILES string of the molecule is CCOC(=O)c1sc(NC(=O)C(N=Nc2cc(OC=O)ccc2C(=O)O)=C(C)O)nc1C. The average Bonchev–Trinajstić information content (AvgIpc) is 3.08. The Balaban J connectivity index is 2.31. The van der Waals surface area contributed by atoms with Gasteiger partial charge in [-0.25, -0.2) is 14.6 Å². The molecule has 1 heterocycles. The number of aliphatic hydroxyl groups is 1. The van der Waals surface area contributed by atoms with Gasteiger partial charge in [-0.05, 0) is 32.9 Å². The molecule has 0 fully saturated rings. The molecular weight excluding hydrogens is 444 g/mol. The minimum absolute atomic E-state index is 0.000549. The Morgan fingerprint density at radius 1 is 1.28 bits per heavy atom. The maximum atomic E-state index is 12.6. The van der Waals surface area contributed by atoms with Crippen molar-refractivity contribution in [3.05, 3.63) is 45.8 Å². The van der Waals surface area contributed by atoms with Crippen LogP contribution in [0.3, 0.4) is 0 Å². The number of hydrogen-bond acceptors (Lipinski definition) is 11. The zero-order chi connectivity index (χ0) is 23.8. The van der Waals surface area contributed by atoms with Crippen molar-refractivity contribution in [3.63, 3.8) is 0 Å². The topological polar surface area (TPSA) is 177 Å². The summed E-state index contributed by atoms with van der Waals surface area (Å²) < 4.78 is 9.57. The number of aliphatic hydroxyl groups excluding tert-OH is 1. The summed E-state index contributed by atoms with van der Waals surface area (Å²) in [5.41, 5.74) is -0.696. The lowest BCUT2D eigenvalue weighted by molar-refractivity contribution is -0.120. The second kappa shape index (κ2) is 10.8. The molecule has 0 aliphatic rings. The van der Waals surface area contributed by atoms with Gasteiger partial charge in [0.05, 0.1) is 17.9 Å². The van der Waals surface area contributed by atoms with Gasteiger partial charge < -0.3 is 19.7 Å². The highest BCUT2D eigenvalue weighted by molar-refractivity contribution is 7.17. The fourth-order valence-electron chi connectivity index (χ4n) is 2.28. The van der Waals surface area contributed by atoms with Crippen LogP contribution in [0, 0.1) is 6.92 Å². The highest BCUT2D eigenvalue weighted by Gasteiger charge is 2.20. The van der Waals surface area contributed by atoms with Crippen LogP contribution in [0.25, 0.3) is 0 Å². The number of anilines is 1. The number of thiazole rings is 1. The Morgan fingerprint density at radius 2 is 2.00 bits per heavy atom. The summed E-state index contributed by atoms with van der Waals surface area (Å²) in [6.45, 7) is 4.71. The number of azo groups is 1. The number of esters is 1. The Hall–Kier alpha value is -4.13. The van der Waals surface area contributed by atoms with Crippen LogP contribution >= 0.6 is 11.3 Å². The Bertz CT molecular complexity index is 1120. The maximum absolute atomic E-state index is 12.6. The second-order valence-corrected chi connectivity index (χ2v) is 6.94. The average molecular weight is 462 g/mol. The van der Waals surface area contributed by atoms with E-state index in [0.717, 1.165) is 23.5 Å². The number of carbonyl (C=O) groups is 4. The van der Waals surface area contributed by atoms with Gasteiger partial charge in [0, 0.05) is 6.07 Å². The molecule has 1 aromatic heterocycles. The number of ether oxygens (including phenoxy) is 2. The normalized spacial score (nSPS) is 11.6. The summed E-state index contributed by atoms with van der Waals surface area (Å²) in [5.74, 6) is -3.34. The standard InChI is InChI=1S/C19H18N4O8S/c1-4-30-18(29)15-9(2)20-19(32-15)21-16(26)14(10(3)25)23-22-13-7-11(31-8-24)5-6-12(13)17(27)28/h5-8,25H,4H2,1-3H3,(H,27,28)(H,20,21,26). The van der Waals surface area contributed by atoms with Gasteiger partial charge in [0.2, 0.25) is 0 Å². The Labute approximate surface area is 185 Å². The van der Waals surface area contributed by atoms with Crippen LogP contribution in [0.2, 0.25) is 0 Å². The highest BCUT2D eigenvalue weighted by Crippen LogP contribution is 2.27. The molecule has 1 amide bonds. The van der Waals surface area contributed by atoms with E-state index in [1.165, 1.54) is 13.0 Å². The van der Waals surface area contributed by atoms with Crippen molar-refractivity contribution in [3.8, 4) is 5.75 Å². The largest absolute Gasteiger partial charge is 0.510 e. The minimum Gasteiger partial charge on any atom is -0.510 e. The molecule has 0 atom stereocenters. The van der Waals surface area contributed by atoms with E-state index < -0.39 is 29.3 Å². The van der Waals surface area contributed by atoms with Gasteiger partial charge in [-0.1, -0.05) is 11.3 Å². The summed E-state index contributed by atoms with van der Waals surface area (Å²) in [5, 5.41) is 28.9. The molecular formula is C19H18N4O8S. The highest BCUT2D eigenvalue weighted by atomic mass is 32.1. The van der Waals surface area contributed by atoms with Crippen LogP contribution in [0.5, 0.6) is 5.75 Å². The molecule has 0 saturated carbocycles. The van der Waals surface area contributed by atoms with Crippen LogP contribution in [0.4, 0.5) is 10.8 Å². The number of hydrogen-bond donors (Lipinski definition) is 3. The number of nitrogens with one attached hydrogen (secondary N) is 1. The molecule has 0 radical (unpaired) electrons. The molecule has 3 N–H and O–H groups in total. The van der Waals surface area contributed by atoms with Crippen molar-refractivity contribution in [1.82, 2.24) is 4.98 Å². The number of rotatable bonds is 9. The third kappa shape index (κ3) is 5.95. The molecule has 32 heavy (non-hydrogen) atoms. The summed E-state index contributed by atoms with van der Waals surface area (Å²) in [7, 11) is 0. The van der Waals surface area contributed by atoms with E-state index >= 15 is 0 Å². The van der Waals surface area contributed by atoms with Crippen LogP contribution in [-0.2, 0) is 14.3 Å². The monoisotopic (exact) mass is 462 g/mol. The number of carbonyl (C=O) groups excluding carboxylic acids is 3. The Kier molecular flexibility index (Phi) is 8.12. The molecule has 0 aliphatic heterocycles. The zero-order valence-corrected chi connectivity index (χ0v) is 17.9. The lowest BCUT2D eigenvalue weighted by atomic mass is 10.2. The van der Waals surface area contributed by atoms with E-state index in [1.807, 2.05) is 0 Å². The first-order valence-corrected chi connectivity index (χ1v) is 9.74. The molecule has 0 aliphatic carbocycles. The number of aromatic carboxylic acids is 1. The van der Waals surface area contributed by atoms with Gasteiger partial charge in [-0.2, -0.15) is 0 Å². The third-order valence-corrected chi connectivity index (χ3v) is 4.73. The van der Waals surface area contributed by atoms with Crippen molar-refractivity contribution in [1.29, 1.82) is 0 Å². The lowest BCUT2D eigenvalue weighted by Crippen LogP contribution is -2.14. The van der Waals surface area contributed by atoms with E-state index in [4.69, 9.17) is 4.74 Å². The maximum Gasteiger partial charge on any atom is 0.350 e. The number of amides is 1. The van der Waals surface area contributed by atoms with E-state index in [-0.39, 0.29) is 40.1 Å². The number of allylic oxidation sites excluding steroid dienone is 1. The zero-order valence-electron chi connectivity index (χ0n) is 17.1. The van der Waals surface area contributed by atoms with E-state index in [9.17, 15) is 29.4 Å². The molecule has 2 aromatic rings. The molecule has 12 nitrogen and oxygen atoms in total. The van der Waals surface area contributed by atoms with Crippen LogP contribution in [0.15, 0.2) is 39.9 Å². The van der Waals surface area contributed by atoms with Crippen molar-refractivity contribution < 1.29 is 38.9 Å². The predicted molar refractivity (Wildman–Crippen MR) is 111 cm³/mol. The number of aryl methyl sites for hydroxylation is 1. The fraction of sp³-hybridized carbons (Fsp3) is 0.211. The predicted octanol–water partition coefficient (Wildman–Crippen LogP) is 3.37. The lowest BCUT2D eigenvalue weighted by Gasteiger charge is -2.05. The van der Waals surface area contributed by atoms with Gasteiger partial charge in [0.25, 0.3) is 12.4 Å². The first-order valence-electron chi connectivity index (χ1n) is 8.93. The first-order chi connectivity index (χ1) is 15.2. The van der Waals surface area contributed by atoms with Gasteiger partial charge in [0.1, 0.15) is 22.1 Å². The number of carboxylic acid groups (broad SMARTS) is 1. The summed E-state index contributed by atoms with van der Waals surface area (Å²) in [6.07, 6.45) is 0. The molecule has 13 heteroatoms. The van der Waals surface area contributed by atoms with Crippen LogP contribution in [0.1, 0.15) is 39.6 Å². The van der Waals surface area contributed by atoms with E-state index in [1.54, 1.807) is 13.8 Å². The van der Waals surface area contributed by atoms with Crippen molar-refractivity contribution >= 4 is 46.5 Å². The number of benzene rings is 1. The fourth-order valence-corrected chi connectivity index (χ4v) is 3.14. The Morgan fingerprint density at radius 3 is 2.59 bits per heavy atom. The first kappa shape index (κ1) is 24.1. The van der Waals surface area contributed by atoms with E-state index in [0.29, 0.717) is 5.69 Å². The second-order valence-electron chi connectivity index (χ2n) is 5.94. The molecule has 0 spiro atoms. The summed E-state index contributed by atoms with van der Waals surface area (Å²) >= 11 is 0.872. The molecule has 1 aromatic carbocycles. The van der Waals surface area contributed by atoms with Gasteiger partial charge >= 0.3 is 11.9 Å². The van der Waals surface area contributed by atoms with Crippen LogP contribution in [-0.4, -0.2) is 46.1 Å². The van der Waals surface area contributed by atoms with Crippen molar-refractivity contribution in [2.45, 2.75) is 20.8 Å². The molecule has 2 rings (SSSR count). The van der Waals surface area contributed by atoms with Crippen LogP contribution < -0.4 is 10.1 Å². The molecule has 168 valence electrons. The summed E-state index contributed by atoms with van der Waals surface area (Å²) in [4.78, 5) is 50.6.